The van der Waals surface area contributed by atoms with E-state index in [0.717, 1.165) is 0 Å². The highest BCUT2D eigenvalue weighted by Crippen LogP contribution is 2.23. The zero-order valence-electron chi connectivity index (χ0n) is 18.4. The molecule has 1 unspecified atom stereocenters. The fourth-order valence-corrected chi connectivity index (χ4v) is 3.11. The number of para-hydroxylation sites is 1. The number of anilines is 1. The Balaban J connectivity index is 1.44. The van der Waals surface area contributed by atoms with E-state index < -0.39 is 18.1 Å². The summed E-state index contributed by atoms with van der Waals surface area (Å²) in [5.41, 5.74) is 1.83. The van der Waals surface area contributed by atoms with E-state index in [1.165, 1.54) is 24.3 Å². The van der Waals surface area contributed by atoms with Gasteiger partial charge in [-0.3, -0.25) is 4.79 Å². The van der Waals surface area contributed by atoms with Gasteiger partial charge in [0.25, 0.3) is 0 Å². The van der Waals surface area contributed by atoms with Crippen molar-refractivity contribution in [3.63, 3.8) is 0 Å². The van der Waals surface area contributed by atoms with Crippen molar-refractivity contribution in [2.24, 2.45) is 0 Å². The normalized spacial score (nSPS) is 11.3. The van der Waals surface area contributed by atoms with Crippen LogP contribution in [-0.4, -0.2) is 35.7 Å². The molecule has 35 heavy (non-hydrogen) atoms. The molecule has 0 saturated heterocycles. The van der Waals surface area contributed by atoms with Gasteiger partial charge in [0, 0.05) is 5.69 Å². The maximum absolute atomic E-state index is 13.0. The minimum Gasteiger partial charge on any atom is -0.489 e. The number of hydrogen-bond donors (Lipinski definition) is 3. The first-order chi connectivity index (χ1) is 16.8. The van der Waals surface area contributed by atoms with Gasteiger partial charge in [0.1, 0.15) is 24.8 Å². The molecule has 0 aliphatic carbocycles. The number of rotatable bonds is 10. The Kier molecular flexibility index (Phi) is 9.02. The molecule has 8 nitrogen and oxygen atoms in total. The average molecular weight is 501 g/mol. The van der Waals surface area contributed by atoms with Crippen LogP contribution in [0.4, 0.5) is 14.9 Å². The third-order valence-electron chi connectivity index (χ3n) is 4.72. The highest BCUT2D eigenvalue weighted by molar-refractivity contribution is 6.32. The standard InChI is InChI=1S/C25H22ClFN2O6/c26-20-3-1-2-4-22(20)34-15-21(24(31)32)29-25(33)35-14-17-7-11-19(12-8-17)28-23(30)13-16-5-9-18(27)10-6-16/h1-12,21H,13-15H2,(H,28,30)(H,29,33)(H,31,32). The van der Waals surface area contributed by atoms with Gasteiger partial charge in [-0.2, -0.15) is 0 Å². The van der Waals surface area contributed by atoms with Crippen LogP contribution in [0, 0.1) is 5.82 Å². The van der Waals surface area contributed by atoms with Crippen molar-refractivity contribution < 1.29 is 33.4 Å². The minimum atomic E-state index is -1.35. The predicted molar refractivity (Wildman–Crippen MR) is 127 cm³/mol. The smallest absolute Gasteiger partial charge is 0.408 e. The molecule has 182 valence electrons. The van der Waals surface area contributed by atoms with Crippen LogP contribution in [0.3, 0.4) is 0 Å². The molecular weight excluding hydrogens is 479 g/mol. The van der Waals surface area contributed by atoms with E-state index in [0.29, 0.717) is 27.6 Å². The summed E-state index contributed by atoms with van der Waals surface area (Å²) in [5, 5.41) is 14.6. The fraction of sp³-hybridized carbons (Fsp3) is 0.160. The van der Waals surface area contributed by atoms with Crippen molar-refractivity contribution in [2.75, 3.05) is 11.9 Å². The summed E-state index contributed by atoms with van der Waals surface area (Å²) in [7, 11) is 0. The van der Waals surface area contributed by atoms with Gasteiger partial charge in [0.15, 0.2) is 6.04 Å². The van der Waals surface area contributed by atoms with Gasteiger partial charge < -0.3 is 25.2 Å². The first-order valence-corrected chi connectivity index (χ1v) is 10.8. The number of benzene rings is 3. The molecule has 2 amide bonds. The summed E-state index contributed by atoms with van der Waals surface area (Å²) in [4.78, 5) is 35.6. The van der Waals surface area contributed by atoms with Gasteiger partial charge in [0.05, 0.1) is 11.4 Å². The lowest BCUT2D eigenvalue weighted by molar-refractivity contribution is -0.140. The number of halogens is 2. The van der Waals surface area contributed by atoms with Crippen LogP contribution in [0.5, 0.6) is 5.75 Å². The predicted octanol–water partition coefficient (Wildman–Crippen LogP) is 4.42. The van der Waals surface area contributed by atoms with E-state index in [4.69, 9.17) is 21.1 Å². The number of ether oxygens (including phenoxy) is 2. The summed E-state index contributed by atoms with van der Waals surface area (Å²) >= 11 is 5.97. The number of carboxylic acids is 1. The molecule has 0 aliphatic heterocycles. The third-order valence-corrected chi connectivity index (χ3v) is 5.03. The SMILES string of the molecule is O=C(Cc1ccc(F)cc1)Nc1ccc(COC(=O)NC(COc2ccccc2Cl)C(=O)O)cc1. The van der Waals surface area contributed by atoms with Gasteiger partial charge in [-0.15, -0.1) is 0 Å². The van der Waals surface area contributed by atoms with Gasteiger partial charge in [-0.25, -0.2) is 14.0 Å². The Morgan fingerprint density at radius 2 is 1.60 bits per heavy atom. The van der Waals surface area contributed by atoms with E-state index in [9.17, 15) is 23.9 Å². The highest BCUT2D eigenvalue weighted by atomic mass is 35.5. The minimum absolute atomic E-state index is 0.0935. The van der Waals surface area contributed by atoms with Crippen LogP contribution < -0.4 is 15.4 Å². The second-order valence-corrected chi connectivity index (χ2v) is 7.81. The number of carbonyl (C=O) groups is 3. The summed E-state index contributed by atoms with van der Waals surface area (Å²) in [6.07, 6.45) is -0.840. The molecule has 0 aliphatic rings. The molecule has 0 aromatic heterocycles. The Morgan fingerprint density at radius 1 is 0.943 bits per heavy atom. The lowest BCUT2D eigenvalue weighted by atomic mass is 10.1. The number of carbonyl (C=O) groups excluding carboxylic acids is 2. The van der Waals surface area contributed by atoms with E-state index in [1.807, 2.05) is 0 Å². The first-order valence-electron chi connectivity index (χ1n) is 10.5. The average Bonchev–Trinajstić information content (AvgIpc) is 2.83. The quantitative estimate of drug-likeness (QED) is 0.380. The number of nitrogens with one attached hydrogen (secondary N) is 2. The lowest BCUT2D eigenvalue weighted by Crippen LogP contribution is -2.45. The lowest BCUT2D eigenvalue weighted by Gasteiger charge is -2.16. The first kappa shape index (κ1) is 25.5. The van der Waals surface area contributed by atoms with Gasteiger partial charge in [-0.1, -0.05) is 48.0 Å². The van der Waals surface area contributed by atoms with Crippen LogP contribution in [0.1, 0.15) is 11.1 Å². The van der Waals surface area contributed by atoms with Crippen LogP contribution in [0.2, 0.25) is 5.02 Å². The van der Waals surface area contributed by atoms with E-state index >= 15 is 0 Å². The second kappa shape index (κ2) is 12.4. The Labute approximate surface area is 205 Å². The molecule has 0 radical (unpaired) electrons. The van der Waals surface area contributed by atoms with Gasteiger partial charge in [0.2, 0.25) is 5.91 Å². The van der Waals surface area contributed by atoms with Crippen molar-refractivity contribution in [3.05, 3.63) is 94.8 Å². The van der Waals surface area contributed by atoms with E-state index in [1.54, 1.807) is 48.5 Å². The number of alkyl carbamates (subject to hydrolysis) is 1. The molecule has 3 aromatic rings. The Bertz CT molecular complexity index is 1170. The third kappa shape index (κ3) is 8.31. The molecule has 10 heteroatoms. The number of aliphatic carboxylic acids is 1. The fourth-order valence-electron chi connectivity index (χ4n) is 2.92. The van der Waals surface area contributed by atoms with Crippen LogP contribution in [0.25, 0.3) is 0 Å². The van der Waals surface area contributed by atoms with E-state index in [2.05, 4.69) is 10.6 Å². The number of carboxylic acid groups (broad SMARTS) is 1. The summed E-state index contributed by atoms with van der Waals surface area (Å²) in [6, 6.07) is 17.4. The molecule has 3 rings (SSSR count). The monoisotopic (exact) mass is 500 g/mol. The van der Waals surface area contributed by atoms with Crippen molar-refractivity contribution in [2.45, 2.75) is 19.1 Å². The van der Waals surface area contributed by atoms with Gasteiger partial charge in [-0.05, 0) is 47.5 Å². The van der Waals surface area contributed by atoms with Crippen molar-refractivity contribution in [1.29, 1.82) is 0 Å². The molecule has 0 bridgehead atoms. The maximum atomic E-state index is 13.0. The molecule has 0 spiro atoms. The number of amides is 2. The van der Waals surface area contributed by atoms with Crippen molar-refractivity contribution in [1.82, 2.24) is 5.32 Å². The maximum Gasteiger partial charge on any atom is 0.408 e. The van der Waals surface area contributed by atoms with Crippen LogP contribution in [-0.2, 0) is 27.4 Å². The van der Waals surface area contributed by atoms with Crippen LogP contribution >= 0.6 is 11.6 Å². The topological polar surface area (TPSA) is 114 Å². The Hall–Kier alpha value is -4.11. The van der Waals surface area contributed by atoms with Crippen molar-refractivity contribution >= 4 is 35.3 Å². The summed E-state index contributed by atoms with van der Waals surface area (Å²) < 4.78 is 23.4. The molecule has 3 N–H and O–H groups in total. The molecule has 0 heterocycles. The Morgan fingerprint density at radius 3 is 2.26 bits per heavy atom. The van der Waals surface area contributed by atoms with Gasteiger partial charge >= 0.3 is 12.1 Å². The van der Waals surface area contributed by atoms with Crippen LogP contribution in [0.15, 0.2) is 72.8 Å². The molecule has 1 atom stereocenters. The molecular formula is C25H22ClFN2O6. The molecule has 0 saturated carbocycles. The summed E-state index contributed by atoms with van der Waals surface area (Å²) in [5.74, 6) is -1.64. The highest BCUT2D eigenvalue weighted by Gasteiger charge is 2.22. The molecule has 3 aromatic carbocycles. The van der Waals surface area contributed by atoms with Crippen molar-refractivity contribution in [3.8, 4) is 5.75 Å². The molecule has 0 fully saturated rings. The largest absolute Gasteiger partial charge is 0.489 e. The zero-order valence-corrected chi connectivity index (χ0v) is 19.1. The summed E-state index contributed by atoms with van der Waals surface area (Å²) in [6.45, 7) is -0.464. The zero-order chi connectivity index (χ0) is 25.2. The van der Waals surface area contributed by atoms with E-state index in [-0.39, 0.29) is 31.4 Å². The second-order valence-electron chi connectivity index (χ2n) is 7.40. The number of hydrogen-bond acceptors (Lipinski definition) is 5.